The molecule has 94 valence electrons. The lowest BCUT2D eigenvalue weighted by atomic mass is 10.2. The Bertz CT molecular complexity index is 573. The highest BCUT2D eigenvalue weighted by Gasteiger charge is 2.07. The maximum absolute atomic E-state index is 13.5. The molecule has 0 amide bonds. The van der Waals surface area contributed by atoms with Crippen molar-refractivity contribution in [3.8, 4) is 11.5 Å². The van der Waals surface area contributed by atoms with Crippen molar-refractivity contribution >= 4 is 21.6 Å². The van der Waals surface area contributed by atoms with Crippen LogP contribution >= 0.6 is 15.9 Å². The molecule has 0 bridgehead atoms. The van der Waals surface area contributed by atoms with Crippen molar-refractivity contribution in [1.29, 1.82) is 0 Å². The van der Waals surface area contributed by atoms with E-state index in [-0.39, 0.29) is 23.9 Å². The number of benzene rings is 2. The molecule has 2 aromatic rings. The molecule has 0 heterocycles. The van der Waals surface area contributed by atoms with Gasteiger partial charge < -0.3 is 15.5 Å². The summed E-state index contributed by atoms with van der Waals surface area (Å²) in [5, 5.41) is 21.8. The first-order chi connectivity index (χ1) is 8.58. The van der Waals surface area contributed by atoms with Gasteiger partial charge in [0.15, 0.2) is 11.5 Å². The number of phenols is 2. The van der Waals surface area contributed by atoms with E-state index in [0.29, 0.717) is 11.3 Å². The molecule has 0 aliphatic rings. The van der Waals surface area contributed by atoms with Crippen molar-refractivity contribution in [2.75, 3.05) is 5.32 Å². The summed E-state index contributed by atoms with van der Waals surface area (Å²) in [6.45, 7) is 0.216. The first-order valence-corrected chi connectivity index (χ1v) is 6.06. The molecular formula is C13H11BrFNO2. The van der Waals surface area contributed by atoms with Gasteiger partial charge in [-0.1, -0.05) is 28.1 Å². The van der Waals surface area contributed by atoms with Gasteiger partial charge in [0.2, 0.25) is 0 Å². The van der Waals surface area contributed by atoms with Gasteiger partial charge >= 0.3 is 0 Å². The fourth-order valence-electron chi connectivity index (χ4n) is 1.54. The Morgan fingerprint density at radius 1 is 1.17 bits per heavy atom. The van der Waals surface area contributed by atoms with E-state index in [9.17, 15) is 14.6 Å². The van der Waals surface area contributed by atoms with E-state index in [2.05, 4.69) is 21.2 Å². The van der Waals surface area contributed by atoms with Gasteiger partial charge in [0.25, 0.3) is 0 Å². The van der Waals surface area contributed by atoms with Crippen LogP contribution in [0.2, 0.25) is 0 Å². The Balaban J connectivity index is 2.16. The summed E-state index contributed by atoms with van der Waals surface area (Å²) in [5.41, 5.74) is 0.821. The third kappa shape index (κ3) is 2.73. The lowest BCUT2D eigenvalue weighted by Gasteiger charge is -2.10. The molecule has 0 fully saturated rings. The third-order valence-electron chi connectivity index (χ3n) is 2.50. The summed E-state index contributed by atoms with van der Waals surface area (Å²) in [4.78, 5) is 0. The maximum atomic E-state index is 13.5. The number of phenolic OH excluding ortho intramolecular Hbond substituents is 2. The van der Waals surface area contributed by atoms with Crippen molar-refractivity contribution in [1.82, 2.24) is 0 Å². The number of para-hydroxylation sites is 1. The quantitative estimate of drug-likeness (QED) is 0.759. The van der Waals surface area contributed by atoms with Crippen LogP contribution in [0.5, 0.6) is 11.5 Å². The SMILES string of the molecule is Oc1cccc(CNc2cc(Br)ccc2F)c1O. The average molecular weight is 312 g/mol. The second-order valence-corrected chi connectivity index (χ2v) is 4.68. The minimum absolute atomic E-state index is 0.191. The van der Waals surface area contributed by atoms with E-state index >= 15 is 0 Å². The summed E-state index contributed by atoms with van der Waals surface area (Å²) in [7, 11) is 0. The zero-order chi connectivity index (χ0) is 13.1. The van der Waals surface area contributed by atoms with Crippen molar-refractivity contribution in [2.24, 2.45) is 0 Å². The fourth-order valence-corrected chi connectivity index (χ4v) is 1.90. The van der Waals surface area contributed by atoms with Crippen molar-refractivity contribution in [3.63, 3.8) is 0 Å². The summed E-state index contributed by atoms with van der Waals surface area (Å²) in [6, 6.07) is 9.20. The Hall–Kier alpha value is -1.75. The topological polar surface area (TPSA) is 52.5 Å². The van der Waals surface area contributed by atoms with Crippen LogP contribution in [0.15, 0.2) is 40.9 Å². The molecule has 0 saturated carbocycles. The van der Waals surface area contributed by atoms with Crippen LogP contribution in [0.1, 0.15) is 5.56 Å². The average Bonchev–Trinajstić information content (AvgIpc) is 2.35. The molecule has 0 radical (unpaired) electrons. The Labute approximate surface area is 112 Å². The molecule has 2 aromatic carbocycles. The van der Waals surface area contributed by atoms with Crippen LogP contribution in [-0.2, 0) is 6.54 Å². The van der Waals surface area contributed by atoms with E-state index in [1.165, 1.54) is 12.1 Å². The molecule has 0 aromatic heterocycles. The molecule has 2 rings (SSSR count). The predicted octanol–water partition coefficient (Wildman–Crippen LogP) is 3.61. The van der Waals surface area contributed by atoms with Gasteiger partial charge in [-0.3, -0.25) is 0 Å². The number of hydrogen-bond donors (Lipinski definition) is 3. The highest BCUT2D eigenvalue weighted by molar-refractivity contribution is 9.10. The number of anilines is 1. The summed E-state index contributed by atoms with van der Waals surface area (Å²) in [6.07, 6.45) is 0. The number of aromatic hydroxyl groups is 2. The first kappa shape index (κ1) is 12.7. The molecule has 18 heavy (non-hydrogen) atoms. The van der Waals surface area contributed by atoms with E-state index in [1.807, 2.05) is 0 Å². The molecule has 3 N–H and O–H groups in total. The molecule has 5 heteroatoms. The minimum atomic E-state index is -0.377. The Morgan fingerprint density at radius 3 is 2.72 bits per heavy atom. The van der Waals surface area contributed by atoms with Crippen molar-refractivity contribution < 1.29 is 14.6 Å². The zero-order valence-electron chi connectivity index (χ0n) is 9.32. The molecule has 0 aliphatic carbocycles. The Morgan fingerprint density at radius 2 is 1.94 bits per heavy atom. The molecule has 0 atom stereocenters. The van der Waals surface area contributed by atoms with Crippen LogP contribution in [0.4, 0.5) is 10.1 Å². The normalized spacial score (nSPS) is 10.3. The van der Waals surface area contributed by atoms with E-state index in [4.69, 9.17) is 0 Å². The molecule has 0 saturated heterocycles. The van der Waals surface area contributed by atoms with E-state index < -0.39 is 0 Å². The highest BCUT2D eigenvalue weighted by atomic mass is 79.9. The molecule has 0 unspecified atom stereocenters. The highest BCUT2D eigenvalue weighted by Crippen LogP contribution is 2.29. The van der Waals surface area contributed by atoms with Gasteiger partial charge in [-0.15, -0.1) is 0 Å². The van der Waals surface area contributed by atoms with Crippen LogP contribution in [0.25, 0.3) is 0 Å². The number of hydrogen-bond acceptors (Lipinski definition) is 3. The fraction of sp³-hybridized carbons (Fsp3) is 0.0769. The maximum Gasteiger partial charge on any atom is 0.162 e. The van der Waals surface area contributed by atoms with Gasteiger partial charge in [0.05, 0.1) is 5.69 Å². The number of halogens is 2. The second-order valence-electron chi connectivity index (χ2n) is 3.76. The zero-order valence-corrected chi connectivity index (χ0v) is 10.9. The van der Waals surface area contributed by atoms with Crippen LogP contribution < -0.4 is 5.32 Å². The van der Waals surface area contributed by atoms with Gasteiger partial charge in [0, 0.05) is 16.6 Å². The van der Waals surface area contributed by atoms with Crippen molar-refractivity contribution in [2.45, 2.75) is 6.54 Å². The summed E-state index contributed by atoms with van der Waals surface area (Å²) >= 11 is 3.25. The van der Waals surface area contributed by atoms with E-state index in [0.717, 1.165) is 4.47 Å². The smallest absolute Gasteiger partial charge is 0.162 e. The molecule has 0 aliphatic heterocycles. The number of nitrogens with one attached hydrogen (secondary N) is 1. The van der Waals surface area contributed by atoms with Crippen LogP contribution in [0.3, 0.4) is 0 Å². The monoisotopic (exact) mass is 311 g/mol. The molecule has 0 spiro atoms. The lowest BCUT2D eigenvalue weighted by Crippen LogP contribution is -2.01. The predicted molar refractivity (Wildman–Crippen MR) is 71.2 cm³/mol. The largest absolute Gasteiger partial charge is 0.504 e. The van der Waals surface area contributed by atoms with Gasteiger partial charge in [-0.25, -0.2) is 4.39 Å². The molecular weight excluding hydrogens is 301 g/mol. The van der Waals surface area contributed by atoms with Crippen molar-refractivity contribution in [3.05, 3.63) is 52.3 Å². The van der Waals surface area contributed by atoms with Gasteiger partial charge in [-0.2, -0.15) is 0 Å². The van der Waals surface area contributed by atoms with E-state index in [1.54, 1.807) is 24.3 Å². The second kappa shape index (κ2) is 5.27. The lowest BCUT2D eigenvalue weighted by molar-refractivity contribution is 0.400. The standard InChI is InChI=1S/C13H11BrFNO2/c14-9-4-5-10(15)11(6-9)16-7-8-2-1-3-12(17)13(8)18/h1-6,16-18H,7H2. The summed E-state index contributed by atoms with van der Waals surface area (Å²) in [5.74, 6) is -0.762. The molecule has 3 nitrogen and oxygen atoms in total. The van der Waals surface area contributed by atoms with Gasteiger partial charge in [-0.05, 0) is 24.3 Å². The van der Waals surface area contributed by atoms with Gasteiger partial charge in [0.1, 0.15) is 5.82 Å². The van der Waals surface area contributed by atoms with Crippen LogP contribution in [0, 0.1) is 5.82 Å². The summed E-state index contributed by atoms with van der Waals surface area (Å²) < 4.78 is 14.2. The number of rotatable bonds is 3. The van der Waals surface area contributed by atoms with Crippen LogP contribution in [-0.4, -0.2) is 10.2 Å². The first-order valence-electron chi connectivity index (χ1n) is 5.26. The Kier molecular flexibility index (Phi) is 3.72. The third-order valence-corrected chi connectivity index (χ3v) is 2.99. The minimum Gasteiger partial charge on any atom is -0.504 e.